The topological polar surface area (TPSA) is 40.6 Å². The van der Waals surface area contributed by atoms with Crippen LogP contribution in [0.15, 0.2) is 36.5 Å². The Morgan fingerprint density at radius 2 is 1.60 bits per heavy atom. The van der Waals surface area contributed by atoms with E-state index in [0.29, 0.717) is 35.1 Å². The van der Waals surface area contributed by atoms with Crippen LogP contribution in [0, 0.1) is 5.82 Å². The first kappa shape index (κ1) is 23.7. The fraction of sp³-hybridized carbons (Fsp3) is 0.375. The predicted octanol–water partition coefficient (Wildman–Crippen LogP) is 6.53. The maximum atomic E-state index is 14.5. The zero-order valence-electron chi connectivity index (χ0n) is 18.4. The highest BCUT2D eigenvalue weighted by Gasteiger charge is 2.15. The van der Waals surface area contributed by atoms with Crippen LogP contribution in [0.25, 0.3) is 10.8 Å². The first-order chi connectivity index (χ1) is 14.5. The van der Waals surface area contributed by atoms with E-state index in [-0.39, 0.29) is 11.9 Å². The van der Waals surface area contributed by atoms with Gasteiger partial charge in [-0.1, -0.05) is 13.8 Å². The van der Waals surface area contributed by atoms with E-state index in [2.05, 4.69) is 4.98 Å². The lowest BCUT2D eigenvalue weighted by molar-refractivity contribution is 0.242. The van der Waals surface area contributed by atoms with Crippen LogP contribution < -0.4 is 14.2 Å². The second-order valence-electron chi connectivity index (χ2n) is 6.71. The molecule has 0 amide bonds. The Kier molecular flexibility index (Phi) is 8.72. The van der Waals surface area contributed by atoms with Gasteiger partial charge in [-0.05, 0) is 60.7 Å². The van der Waals surface area contributed by atoms with Crippen molar-refractivity contribution in [1.82, 2.24) is 4.98 Å². The van der Waals surface area contributed by atoms with E-state index in [4.69, 9.17) is 25.8 Å². The Hall–Kier alpha value is -2.53. The summed E-state index contributed by atoms with van der Waals surface area (Å²) < 4.78 is 31.0. The molecular formula is C24H29ClFNO3. The molecule has 0 aliphatic rings. The highest BCUT2D eigenvalue weighted by molar-refractivity contribution is 6.18. The van der Waals surface area contributed by atoms with Crippen LogP contribution in [0.1, 0.15) is 44.5 Å². The number of nitrogens with zero attached hydrogens (tertiary/aromatic N) is 1. The second kappa shape index (κ2) is 11.0. The minimum atomic E-state index is -0.298. The number of methoxy groups -OCH3 is 2. The summed E-state index contributed by atoms with van der Waals surface area (Å²) in [6.45, 7) is 7.87. The fourth-order valence-corrected chi connectivity index (χ4v) is 3.35. The van der Waals surface area contributed by atoms with Gasteiger partial charge in [0.2, 0.25) is 0 Å². The average molecular weight is 434 g/mol. The summed E-state index contributed by atoms with van der Waals surface area (Å²) in [6.07, 6.45) is 2.05. The van der Waals surface area contributed by atoms with E-state index in [9.17, 15) is 4.39 Å². The van der Waals surface area contributed by atoms with Crippen molar-refractivity contribution < 1.29 is 18.6 Å². The van der Waals surface area contributed by atoms with E-state index >= 15 is 0 Å². The molecule has 3 rings (SSSR count). The molecule has 0 bridgehead atoms. The van der Waals surface area contributed by atoms with Crippen LogP contribution in [-0.2, 0) is 12.3 Å². The van der Waals surface area contributed by atoms with Crippen LogP contribution in [0.4, 0.5) is 4.39 Å². The van der Waals surface area contributed by atoms with Crippen molar-refractivity contribution >= 4 is 22.4 Å². The molecule has 0 saturated heterocycles. The number of benzene rings is 2. The minimum Gasteiger partial charge on any atom is -0.493 e. The lowest BCUT2D eigenvalue weighted by atomic mass is 10.00. The summed E-state index contributed by atoms with van der Waals surface area (Å²) in [6, 6.07) is 8.52. The van der Waals surface area contributed by atoms with Crippen LogP contribution in [0.5, 0.6) is 17.2 Å². The van der Waals surface area contributed by atoms with Gasteiger partial charge in [-0.3, -0.25) is 4.98 Å². The minimum absolute atomic E-state index is 0.0111. The molecule has 0 atom stereocenters. The molecule has 0 radical (unpaired) electrons. The van der Waals surface area contributed by atoms with E-state index < -0.39 is 0 Å². The molecule has 0 aliphatic carbocycles. The molecule has 4 nitrogen and oxygen atoms in total. The zero-order chi connectivity index (χ0) is 22.3. The third-order valence-electron chi connectivity index (χ3n) is 4.45. The van der Waals surface area contributed by atoms with Crippen LogP contribution in [-0.4, -0.2) is 25.3 Å². The predicted molar refractivity (Wildman–Crippen MR) is 121 cm³/mol. The molecule has 2 aromatic carbocycles. The number of aromatic nitrogens is 1. The van der Waals surface area contributed by atoms with E-state index in [0.717, 1.165) is 22.0 Å². The molecule has 3 aromatic rings. The molecule has 1 aromatic heterocycles. The summed E-state index contributed by atoms with van der Waals surface area (Å²) in [5.41, 5.74) is 2.12. The van der Waals surface area contributed by atoms with Gasteiger partial charge in [-0.15, -0.1) is 11.6 Å². The number of ether oxygens (including phenoxy) is 3. The van der Waals surface area contributed by atoms with Crippen molar-refractivity contribution in [2.45, 2.75) is 46.1 Å². The lowest BCUT2D eigenvalue weighted by Gasteiger charge is -2.15. The Balaban J connectivity index is 0.00000155. The average Bonchev–Trinajstić information content (AvgIpc) is 2.76. The number of alkyl halides is 1. The molecule has 0 spiro atoms. The largest absolute Gasteiger partial charge is 0.493 e. The molecule has 1 heterocycles. The third kappa shape index (κ3) is 5.33. The van der Waals surface area contributed by atoms with Gasteiger partial charge in [0.25, 0.3) is 0 Å². The highest BCUT2D eigenvalue weighted by atomic mass is 35.5. The molecule has 0 N–H and O–H groups in total. The van der Waals surface area contributed by atoms with Gasteiger partial charge in [-0.2, -0.15) is 0 Å². The van der Waals surface area contributed by atoms with Crippen molar-refractivity contribution in [2.75, 3.05) is 14.2 Å². The zero-order valence-corrected chi connectivity index (χ0v) is 19.1. The second-order valence-corrected chi connectivity index (χ2v) is 6.98. The Bertz CT molecular complexity index is 992. The van der Waals surface area contributed by atoms with E-state index in [1.807, 2.05) is 39.8 Å². The first-order valence-corrected chi connectivity index (χ1v) is 10.5. The summed E-state index contributed by atoms with van der Waals surface area (Å²) in [4.78, 5) is 4.55. The van der Waals surface area contributed by atoms with Gasteiger partial charge in [0.1, 0.15) is 11.6 Å². The van der Waals surface area contributed by atoms with Crippen molar-refractivity contribution in [3.63, 3.8) is 0 Å². The normalized spacial score (nSPS) is 10.6. The molecule has 6 heteroatoms. The van der Waals surface area contributed by atoms with Crippen molar-refractivity contribution in [2.24, 2.45) is 0 Å². The van der Waals surface area contributed by atoms with Gasteiger partial charge < -0.3 is 14.2 Å². The molecule has 0 fully saturated rings. The quantitative estimate of drug-likeness (QED) is 0.397. The SMILES string of the molecule is CC.COc1cc2c(CCl)cnc(Cc3cc(OC(C)C)ccc3F)c2cc1OC. The number of halogens is 2. The monoisotopic (exact) mass is 433 g/mol. The molecule has 0 saturated carbocycles. The molecule has 0 aliphatic heterocycles. The number of hydrogen-bond donors (Lipinski definition) is 0. The summed E-state index contributed by atoms with van der Waals surface area (Å²) in [5, 5.41) is 1.76. The van der Waals surface area contributed by atoms with Gasteiger partial charge in [0.05, 0.1) is 26.0 Å². The maximum Gasteiger partial charge on any atom is 0.161 e. The van der Waals surface area contributed by atoms with Crippen LogP contribution >= 0.6 is 11.6 Å². The van der Waals surface area contributed by atoms with Gasteiger partial charge in [-0.25, -0.2) is 4.39 Å². The van der Waals surface area contributed by atoms with Crippen LogP contribution in [0.3, 0.4) is 0 Å². The number of hydrogen-bond acceptors (Lipinski definition) is 4. The number of fused-ring (bicyclic) bond motifs is 1. The van der Waals surface area contributed by atoms with E-state index in [1.54, 1.807) is 32.5 Å². The maximum absolute atomic E-state index is 14.5. The van der Waals surface area contributed by atoms with Gasteiger partial charge in [0, 0.05) is 23.9 Å². The smallest absolute Gasteiger partial charge is 0.161 e. The lowest BCUT2D eigenvalue weighted by Crippen LogP contribution is -2.06. The molecule has 162 valence electrons. The first-order valence-electron chi connectivity index (χ1n) is 10.00. The van der Waals surface area contributed by atoms with E-state index in [1.165, 1.54) is 6.07 Å². The summed E-state index contributed by atoms with van der Waals surface area (Å²) >= 11 is 6.09. The number of rotatable bonds is 7. The Morgan fingerprint density at radius 3 is 2.17 bits per heavy atom. The Labute approximate surface area is 182 Å². The van der Waals surface area contributed by atoms with Crippen molar-refractivity contribution in [3.8, 4) is 17.2 Å². The standard InChI is InChI=1S/C22H23ClFNO3.C2H6/c1-13(2)28-16-5-6-19(24)14(7-16)8-20-18-10-22(27-4)21(26-3)9-17(18)15(11-23)12-25-20;1-2/h5-7,9-10,12-13H,8,11H2,1-4H3;1-2H3. The highest BCUT2D eigenvalue weighted by Crippen LogP contribution is 2.36. The molecule has 30 heavy (non-hydrogen) atoms. The molecular weight excluding hydrogens is 405 g/mol. The van der Waals surface area contributed by atoms with Gasteiger partial charge in [0.15, 0.2) is 11.5 Å². The van der Waals surface area contributed by atoms with Crippen molar-refractivity contribution in [3.05, 3.63) is 59.2 Å². The Morgan fingerprint density at radius 1 is 0.967 bits per heavy atom. The van der Waals surface area contributed by atoms with Gasteiger partial charge >= 0.3 is 0 Å². The third-order valence-corrected chi connectivity index (χ3v) is 4.74. The number of pyridine rings is 1. The van der Waals surface area contributed by atoms with Crippen LogP contribution in [0.2, 0.25) is 0 Å². The fourth-order valence-electron chi connectivity index (χ4n) is 3.14. The molecule has 0 unspecified atom stereocenters. The summed E-state index contributed by atoms with van der Waals surface area (Å²) in [5.74, 6) is 1.84. The van der Waals surface area contributed by atoms with Crippen molar-refractivity contribution in [1.29, 1.82) is 0 Å². The summed E-state index contributed by atoms with van der Waals surface area (Å²) in [7, 11) is 3.16.